The number of hydrogen-bond acceptors (Lipinski definition) is 8. The van der Waals surface area contributed by atoms with Gasteiger partial charge in [0.05, 0.1) is 36.4 Å². The van der Waals surface area contributed by atoms with Crippen molar-refractivity contribution in [3.63, 3.8) is 0 Å². The van der Waals surface area contributed by atoms with Crippen molar-refractivity contribution in [3.05, 3.63) is 57.8 Å². The molecule has 0 aliphatic carbocycles. The molecule has 3 heterocycles. The summed E-state index contributed by atoms with van der Waals surface area (Å²) in [7, 11) is 1.57. The van der Waals surface area contributed by atoms with Crippen molar-refractivity contribution < 1.29 is 23.8 Å². The fourth-order valence-electron chi connectivity index (χ4n) is 4.56. The molecular formula is C27H35N3O5S. The highest BCUT2D eigenvalue weighted by atomic mass is 32.2. The van der Waals surface area contributed by atoms with Crippen LogP contribution in [0.15, 0.2) is 51.6 Å². The highest BCUT2D eigenvalue weighted by molar-refractivity contribution is 8.16. The fraction of sp³-hybridized carbons (Fsp3) is 0.519. The van der Waals surface area contributed by atoms with Crippen LogP contribution >= 0.6 is 11.8 Å². The molecule has 9 heteroatoms. The summed E-state index contributed by atoms with van der Waals surface area (Å²) >= 11 is 1.47. The molecule has 3 aliphatic heterocycles. The van der Waals surface area contributed by atoms with Gasteiger partial charge in [0.25, 0.3) is 0 Å². The van der Waals surface area contributed by atoms with Crippen molar-refractivity contribution in [3.8, 4) is 0 Å². The molecule has 3 aliphatic rings. The van der Waals surface area contributed by atoms with Gasteiger partial charge in [0, 0.05) is 26.0 Å². The number of esters is 1. The molecule has 4 rings (SSSR count). The molecule has 1 aromatic carbocycles. The third-order valence-electron chi connectivity index (χ3n) is 6.55. The summed E-state index contributed by atoms with van der Waals surface area (Å²) in [6, 6.07) is 7.85. The van der Waals surface area contributed by atoms with Gasteiger partial charge in [-0.25, -0.2) is 9.79 Å². The highest BCUT2D eigenvalue weighted by Crippen LogP contribution is 2.45. The molecule has 1 N–H and O–H groups in total. The maximum absolute atomic E-state index is 13.3. The predicted molar refractivity (Wildman–Crippen MR) is 140 cm³/mol. The van der Waals surface area contributed by atoms with Gasteiger partial charge in [0.15, 0.2) is 5.17 Å². The third-order valence-corrected chi connectivity index (χ3v) is 7.44. The fourth-order valence-corrected chi connectivity index (χ4v) is 5.53. The number of amidine groups is 1. The van der Waals surface area contributed by atoms with E-state index in [0.717, 1.165) is 35.9 Å². The molecule has 0 aromatic heterocycles. The minimum Gasteiger partial charge on any atom is -0.460 e. The number of allylic oxidation sites excluding steroid dienone is 1. The maximum atomic E-state index is 13.3. The van der Waals surface area contributed by atoms with Gasteiger partial charge in [-0.15, -0.1) is 0 Å². The second kappa shape index (κ2) is 12.1. The van der Waals surface area contributed by atoms with Crippen molar-refractivity contribution in [1.29, 1.82) is 0 Å². The minimum absolute atomic E-state index is 0.0806. The van der Waals surface area contributed by atoms with Crippen LogP contribution < -0.4 is 5.32 Å². The average molecular weight is 514 g/mol. The van der Waals surface area contributed by atoms with Crippen LogP contribution in [0.4, 0.5) is 0 Å². The number of thioether (sulfide) groups is 1. The third kappa shape index (κ3) is 6.02. The first kappa shape index (κ1) is 26.4. The second-order valence-corrected chi connectivity index (χ2v) is 10.3. The van der Waals surface area contributed by atoms with E-state index in [0.29, 0.717) is 30.3 Å². The standard InChI is InChI=1S/C27H35N3O5S/c1-17(2)19-7-9-20(10-8-19)25-24(26(32)35-13-12-33-4)18(3)29-27-30(25)21(16-36-27)14-23(31)28-15-22-6-5-11-34-22/h7-10,16-17,22,25H,5-6,11-15H2,1-4H3,(H,28,31). The molecule has 0 spiro atoms. The zero-order valence-corrected chi connectivity index (χ0v) is 22.2. The summed E-state index contributed by atoms with van der Waals surface area (Å²) < 4.78 is 16.2. The number of nitrogens with one attached hydrogen (secondary N) is 1. The lowest BCUT2D eigenvalue weighted by Gasteiger charge is -2.36. The van der Waals surface area contributed by atoms with E-state index in [2.05, 4.69) is 43.4 Å². The van der Waals surface area contributed by atoms with Gasteiger partial charge in [0.1, 0.15) is 6.61 Å². The first-order valence-electron chi connectivity index (χ1n) is 12.5. The van der Waals surface area contributed by atoms with E-state index >= 15 is 0 Å². The molecule has 1 aromatic rings. The van der Waals surface area contributed by atoms with Crippen LogP contribution in [-0.2, 0) is 23.8 Å². The molecule has 2 unspecified atom stereocenters. The number of benzene rings is 1. The van der Waals surface area contributed by atoms with E-state index in [1.54, 1.807) is 7.11 Å². The summed E-state index contributed by atoms with van der Waals surface area (Å²) in [5.74, 6) is -0.115. The van der Waals surface area contributed by atoms with Crippen LogP contribution in [0, 0.1) is 0 Å². The Morgan fingerprint density at radius 3 is 2.69 bits per heavy atom. The van der Waals surface area contributed by atoms with Gasteiger partial charge in [-0.3, -0.25) is 4.79 Å². The lowest BCUT2D eigenvalue weighted by molar-refractivity contribution is -0.141. The Hall–Kier alpha value is -2.62. The van der Waals surface area contributed by atoms with E-state index in [9.17, 15) is 9.59 Å². The topological polar surface area (TPSA) is 89.5 Å². The largest absolute Gasteiger partial charge is 0.460 e. The zero-order valence-electron chi connectivity index (χ0n) is 21.4. The Kier molecular flexibility index (Phi) is 8.87. The molecule has 0 bridgehead atoms. The number of amides is 1. The lowest BCUT2D eigenvalue weighted by atomic mass is 9.92. The Morgan fingerprint density at radius 1 is 1.25 bits per heavy atom. The second-order valence-electron chi connectivity index (χ2n) is 9.46. The van der Waals surface area contributed by atoms with Gasteiger partial charge >= 0.3 is 5.97 Å². The van der Waals surface area contributed by atoms with E-state index in [4.69, 9.17) is 19.2 Å². The summed E-state index contributed by atoms with van der Waals surface area (Å²) in [6.45, 7) is 7.87. The highest BCUT2D eigenvalue weighted by Gasteiger charge is 2.41. The van der Waals surface area contributed by atoms with E-state index in [1.807, 2.05) is 17.2 Å². The van der Waals surface area contributed by atoms with E-state index in [1.165, 1.54) is 17.3 Å². The molecule has 1 saturated heterocycles. The molecular weight excluding hydrogens is 478 g/mol. The molecule has 0 saturated carbocycles. The number of fused-ring (bicyclic) bond motifs is 1. The van der Waals surface area contributed by atoms with Crippen LogP contribution in [-0.4, -0.2) is 61.5 Å². The van der Waals surface area contributed by atoms with E-state index in [-0.39, 0.29) is 25.0 Å². The number of carbonyl (C=O) groups excluding carboxylic acids is 2. The summed E-state index contributed by atoms with van der Waals surface area (Å²) in [5.41, 5.74) is 4.05. The van der Waals surface area contributed by atoms with E-state index < -0.39 is 12.0 Å². The van der Waals surface area contributed by atoms with Gasteiger partial charge in [-0.1, -0.05) is 49.9 Å². The SMILES string of the molecule is COCCOC(=O)C1=C(C)N=C2SC=C(CC(=O)NCC3CCCO3)N2C1c1ccc(C(C)C)cc1. The monoisotopic (exact) mass is 513 g/mol. The van der Waals surface area contributed by atoms with Crippen molar-refractivity contribution in [2.45, 2.75) is 58.1 Å². The number of rotatable bonds is 10. The molecule has 1 fully saturated rings. The van der Waals surface area contributed by atoms with Crippen LogP contribution in [0.1, 0.15) is 63.1 Å². The number of carbonyl (C=O) groups is 2. The number of hydrogen-bond donors (Lipinski definition) is 1. The number of methoxy groups -OCH3 is 1. The Morgan fingerprint density at radius 2 is 2.03 bits per heavy atom. The van der Waals surface area contributed by atoms with Crippen LogP contribution in [0.25, 0.3) is 0 Å². The van der Waals surface area contributed by atoms with Crippen LogP contribution in [0.2, 0.25) is 0 Å². The molecule has 194 valence electrons. The van der Waals surface area contributed by atoms with Crippen LogP contribution in [0.5, 0.6) is 0 Å². The maximum Gasteiger partial charge on any atom is 0.338 e. The summed E-state index contributed by atoms with van der Waals surface area (Å²) in [6.07, 6.45) is 2.26. The first-order chi connectivity index (χ1) is 17.4. The summed E-state index contributed by atoms with van der Waals surface area (Å²) in [4.78, 5) is 32.8. The van der Waals surface area contributed by atoms with Gasteiger partial charge in [0.2, 0.25) is 5.91 Å². The van der Waals surface area contributed by atoms with Crippen molar-refractivity contribution in [1.82, 2.24) is 10.2 Å². The smallest absolute Gasteiger partial charge is 0.338 e. The Labute approximate surface area is 217 Å². The lowest BCUT2D eigenvalue weighted by Crippen LogP contribution is -2.39. The average Bonchev–Trinajstić information content (AvgIpc) is 3.52. The molecule has 0 radical (unpaired) electrons. The number of nitrogens with zero attached hydrogens (tertiary/aromatic N) is 2. The van der Waals surface area contributed by atoms with Gasteiger partial charge in [-0.05, 0) is 42.2 Å². The quantitative estimate of drug-likeness (QED) is 0.369. The number of ether oxygens (including phenoxy) is 3. The van der Waals surface area contributed by atoms with Gasteiger partial charge in [-0.2, -0.15) is 0 Å². The molecule has 1 amide bonds. The predicted octanol–water partition coefficient (Wildman–Crippen LogP) is 4.26. The Bertz CT molecular complexity index is 1060. The minimum atomic E-state index is -0.444. The number of aliphatic imine (C=N–C) groups is 1. The van der Waals surface area contributed by atoms with Crippen molar-refractivity contribution in [2.24, 2.45) is 4.99 Å². The Balaban J connectivity index is 1.60. The first-order valence-corrected chi connectivity index (χ1v) is 13.4. The molecule has 36 heavy (non-hydrogen) atoms. The molecule has 2 atom stereocenters. The van der Waals surface area contributed by atoms with Crippen molar-refractivity contribution in [2.75, 3.05) is 33.5 Å². The zero-order chi connectivity index (χ0) is 25.7. The molecule has 8 nitrogen and oxygen atoms in total. The van der Waals surface area contributed by atoms with Gasteiger partial charge < -0.3 is 24.4 Å². The summed E-state index contributed by atoms with van der Waals surface area (Å²) in [5, 5.41) is 5.70. The normalized spacial score (nSPS) is 21.4. The van der Waals surface area contributed by atoms with Crippen LogP contribution in [0.3, 0.4) is 0 Å². The van der Waals surface area contributed by atoms with Crippen molar-refractivity contribution >= 4 is 28.8 Å².